The Balaban J connectivity index is 1.34. The lowest BCUT2D eigenvalue weighted by atomic mass is 10.1. The number of nitrogens with two attached hydrogens (primary N) is 1. The first kappa shape index (κ1) is 25.5. The lowest BCUT2D eigenvalue weighted by Crippen LogP contribution is -2.23. The number of anilines is 1. The summed E-state index contributed by atoms with van der Waals surface area (Å²) in [6.45, 7) is -0.0368. The Morgan fingerprint density at radius 2 is 2.03 bits per heavy atom. The SMILES string of the molecule is N[C@H]1CCCC(Nc2cccc3c(SC(F)(F)F)c(C#CCNC(=O)c4cnn(C5CC5)c4)nn23)CC1. The summed E-state index contributed by atoms with van der Waals surface area (Å²) in [6, 6.07) is 5.81. The van der Waals surface area contributed by atoms with Crippen LogP contribution in [0.1, 0.15) is 67.0 Å². The van der Waals surface area contributed by atoms with Gasteiger partial charge in [-0.2, -0.15) is 23.4 Å². The zero-order valence-electron chi connectivity index (χ0n) is 20.1. The molecule has 0 aliphatic heterocycles. The number of thioether (sulfide) groups is 1. The number of aromatic nitrogens is 4. The van der Waals surface area contributed by atoms with E-state index in [9.17, 15) is 18.0 Å². The van der Waals surface area contributed by atoms with E-state index in [0.717, 1.165) is 44.9 Å². The molecule has 37 heavy (non-hydrogen) atoms. The monoisotopic (exact) mass is 531 g/mol. The molecule has 2 aliphatic rings. The quantitative estimate of drug-likeness (QED) is 0.249. The van der Waals surface area contributed by atoms with Gasteiger partial charge in [-0.1, -0.05) is 12.0 Å². The van der Waals surface area contributed by atoms with Crippen LogP contribution >= 0.6 is 11.8 Å². The van der Waals surface area contributed by atoms with E-state index in [2.05, 4.69) is 32.7 Å². The van der Waals surface area contributed by atoms with Gasteiger partial charge in [0.2, 0.25) is 0 Å². The number of alkyl halides is 3. The fraction of sp³-hybridized carbons (Fsp3) is 0.480. The van der Waals surface area contributed by atoms with Crippen molar-refractivity contribution in [1.29, 1.82) is 0 Å². The van der Waals surface area contributed by atoms with E-state index < -0.39 is 5.51 Å². The van der Waals surface area contributed by atoms with Crippen LogP contribution in [-0.2, 0) is 0 Å². The highest BCUT2D eigenvalue weighted by molar-refractivity contribution is 8.00. The molecule has 2 saturated carbocycles. The highest BCUT2D eigenvalue weighted by Gasteiger charge is 2.33. The van der Waals surface area contributed by atoms with Crippen molar-refractivity contribution in [1.82, 2.24) is 24.7 Å². The smallest absolute Gasteiger partial charge is 0.367 e. The first-order valence-corrected chi connectivity index (χ1v) is 13.2. The second-order valence-electron chi connectivity index (χ2n) is 9.47. The number of carbonyl (C=O) groups is 1. The number of nitrogens with zero attached hydrogens (tertiary/aromatic N) is 4. The van der Waals surface area contributed by atoms with Gasteiger partial charge in [0.1, 0.15) is 11.5 Å². The number of nitrogens with one attached hydrogen (secondary N) is 2. The Hall–Kier alpha value is -3.17. The summed E-state index contributed by atoms with van der Waals surface area (Å²) in [7, 11) is 0. The number of hydrogen-bond acceptors (Lipinski definition) is 6. The van der Waals surface area contributed by atoms with E-state index in [0.29, 0.717) is 22.9 Å². The Bertz CT molecular complexity index is 1340. The van der Waals surface area contributed by atoms with Crippen molar-refractivity contribution < 1.29 is 18.0 Å². The molecule has 5 rings (SSSR count). The van der Waals surface area contributed by atoms with Crippen molar-refractivity contribution >= 4 is 29.0 Å². The van der Waals surface area contributed by atoms with E-state index in [1.54, 1.807) is 29.1 Å². The summed E-state index contributed by atoms with van der Waals surface area (Å²) < 4.78 is 43.5. The molecule has 2 atom stereocenters. The van der Waals surface area contributed by atoms with E-state index in [-0.39, 0.29) is 46.9 Å². The third-order valence-corrected chi connectivity index (χ3v) is 7.36. The normalized spacial score (nSPS) is 20.2. The van der Waals surface area contributed by atoms with Crippen LogP contribution in [-0.4, -0.2) is 49.4 Å². The average Bonchev–Trinajstić information content (AvgIpc) is 3.53. The molecule has 8 nitrogen and oxygen atoms in total. The first-order valence-electron chi connectivity index (χ1n) is 12.4. The number of fused-ring (bicyclic) bond motifs is 1. The Labute approximate surface area is 216 Å². The third kappa shape index (κ3) is 6.40. The fourth-order valence-electron chi connectivity index (χ4n) is 4.49. The molecule has 196 valence electrons. The van der Waals surface area contributed by atoms with Crippen LogP contribution in [0.4, 0.5) is 19.0 Å². The van der Waals surface area contributed by atoms with E-state index in [1.807, 2.05) is 0 Å². The average molecular weight is 532 g/mol. The van der Waals surface area contributed by atoms with Gasteiger partial charge in [0.25, 0.3) is 5.91 Å². The van der Waals surface area contributed by atoms with Crippen molar-refractivity contribution in [3.05, 3.63) is 41.9 Å². The second-order valence-corrected chi connectivity index (χ2v) is 10.5. The molecule has 2 aliphatic carbocycles. The second kappa shape index (κ2) is 10.7. The highest BCUT2D eigenvalue weighted by Crippen LogP contribution is 2.41. The predicted molar refractivity (Wildman–Crippen MR) is 135 cm³/mol. The molecule has 12 heteroatoms. The number of pyridine rings is 1. The molecule has 0 radical (unpaired) electrons. The fourth-order valence-corrected chi connectivity index (χ4v) is 5.17. The highest BCUT2D eigenvalue weighted by atomic mass is 32.2. The predicted octanol–water partition coefficient (Wildman–Crippen LogP) is 4.33. The van der Waals surface area contributed by atoms with Crippen molar-refractivity contribution in [2.24, 2.45) is 5.73 Å². The number of amides is 1. The summed E-state index contributed by atoms with van der Waals surface area (Å²) in [4.78, 5) is 12.3. The van der Waals surface area contributed by atoms with Crippen LogP contribution in [0.25, 0.3) is 5.52 Å². The maximum atomic E-state index is 13.4. The number of carbonyl (C=O) groups excluding carboxylic acids is 1. The van der Waals surface area contributed by atoms with Gasteiger partial charge in [0.05, 0.1) is 34.8 Å². The van der Waals surface area contributed by atoms with Gasteiger partial charge in [-0.05, 0) is 74.8 Å². The summed E-state index contributed by atoms with van der Waals surface area (Å²) in [5, 5.41) is 14.7. The Kier molecular flexibility index (Phi) is 7.35. The third-order valence-electron chi connectivity index (χ3n) is 6.52. The molecule has 3 aromatic heterocycles. The van der Waals surface area contributed by atoms with Gasteiger partial charge in [-0.15, -0.1) is 0 Å². The molecule has 1 unspecified atom stereocenters. The maximum absolute atomic E-state index is 13.4. The molecular weight excluding hydrogens is 503 g/mol. The van der Waals surface area contributed by atoms with Gasteiger partial charge >= 0.3 is 5.51 Å². The molecular formula is C25H28F3N7OS. The Morgan fingerprint density at radius 1 is 1.19 bits per heavy atom. The van der Waals surface area contributed by atoms with Crippen molar-refractivity contribution in [2.45, 2.75) is 73.5 Å². The van der Waals surface area contributed by atoms with Crippen LogP contribution in [0, 0.1) is 11.8 Å². The minimum Gasteiger partial charge on any atom is -0.367 e. The van der Waals surface area contributed by atoms with Crippen molar-refractivity contribution in [3.63, 3.8) is 0 Å². The molecule has 4 N–H and O–H groups in total. The number of rotatable bonds is 6. The van der Waals surface area contributed by atoms with Crippen LogP contribution in [0.15, 0.2) is 35.5 Å². The van der Waals surface area contributed by atoms with Gasteiger partial charge in [0, 0.05) is 18.3 Å². The standard InChI is InChI=1S/C25H28F3N7OS/c26-25(27,28)37-23-20(6-3-13-30-24(36)16-14-31-34(15-16)19-11-12-19)33-35-21(23)7-2-8-22(35)32-18-5-1-4-17(29)9-10-18/h2,7-8,14-15,17-19,32H,1,4-5,9-13,29H2,(H,30,36)/t17-,18?/m0/s1. The molecule has 2 fully saturated rings. The van der Waals surface area contributed by atoms with Crippen molar-refractivity contribution in [2.75, 3.05) is 11.9 Å². The lowest BCUT2D eigenvalue weighted by Gasteiger charge is -2.18. The number of hydrogen-bond donors (Lipinski definition) is 3. The van der Waals surface area contributed by atoms with Gasteiger partial charge in [-0.3, -0.25) is 9.48 Å². The van der Waals surface area contributed by atoms with E-state index in [4.69, 9.17) is 5.73 Å². The zero-order chi connectivity index (χ0) is 26.0. The lowest BCUT2D eigenvalue weighted by molar-refractivity contribution is -0.0327. The topological polar surface area (TPSA) is 102 Å². The van der Waals surface area contributed by atoms with Crippen LogP contribution in [0.3, 0.4) is 0 Å². The summed E-state index contributed by atoms with van der Waals surface area (Å²) in [5.74, 6) is 5.75. The molecule has 0 spiro atoms. The summed E-state index contributed by atoms with van der Waals surface area (Å²) in [6.07, 6.45) is 9.97. The van der Waals surface area contributed by atoms with Crippen LogP contribution in [0.5, 0.6) is 0 Å². The minimum atomic E-state index is -4.50. The summed E-state index contributed by atoms with van der Waals surface area (Å²) >= 11 is -0.234. The van der Waals surface area contributed by atoms with Gasteiger partial charge in [-0.25, -0.2) is 4.52 Å². The van der Waals surface area contributed by atoms with Crippen LogP contribution < -0.4 is 16.4 Å². The molecule has 3 heterocycles. The minimum absolute atomic E-state index is 0.00951. The van der Waals surface area contributed by atoms with E-state index in [1.165, 1.54) is 10.7 Å². The van der Waals surface area contributed by atoms with Gasteiger partial charge < -0.3 is 16.4 Å². The zero-order valence-corrected chi connectivity index (χ0v) is 20.9. The van der Waals surface area contributed by atoms with Crippen LogP contribution in [0.2, 0.25) is 0 Å². The Morgan fingerprint density at radius 3 is 2.81 bits per heavy atom. The first-order chi connectivity index (χ1) is 17.8. The van der Waals surface area contributed by atoms with Crippen molar-refractivity contribution in [3.8, 4) is 11.8 Å². The maximum Gasteiger partial charge on any atom is 0.446 e. The number of halogens is 3. The summed E-state index contributed by atoms with van der Waals surface area (Å²) in [5.41, 5.74) is 2.33. The molecule has 3 aromatic rings. The van der Waals surface area contributed by atoms with Gasteiger partial charge in [0.15, 0.2) is 0 Å². The molecule has 1 amide bonds. The largest absolute Gasteiger partial charge is 0.446 e. The van der Waals surface area contributed by atoms with E-state index >= 15 is 0 Å². The molecule has 0 bridgehead atoms. The molecule has 0 aromatic carbocycles. The molecule has 0 saturated heterocycles.